The van der Waals surface area contributed by atoms with Crippen LogP contribution in [0.3, 0.4) is 0 Å². The number of benzene rings is 2. The van der Waals surface area contributed by atoms with Gasteiger partial charge in [0, 0.05) is 12.1 Å². The summed E-state index contributed by atoms with van der Waals surface area (Å²) in [6.45, 7) is 2.93. The molecule has 0 aliphatic carbocycles. The SMILES string of the molecule is O=C1c2ccccc2C(=O)N1CCCOc1cccc(C[N+]2(O)CCCCC2)c1. The Kier molecular flexibility index (Phi) is 5.65. The zero-order valence-electron chi connectivity index (χ0n) is 16.5. The minimum Gasteiger partial charge on any atom is -0.494 e. The van der Waals surface area contributed by atoms with E-state index in [1.165, 1.54) is 11.3 Å². The maximum absolute atomic E-state index is 12.4. The minimum absolute atomic E-state index is 0.100. The van der Waals surface area contributed by atoms with Gasteiger partial charge in [-0.3, -0.25) is 14.5 Å². The number of nitrogens with zero attached hydrogens (tertiary/aromatic N) is 2. The van der Waals surface area contributed by atoms with Crippen LogP contribution >= 0.6 is 0 Å². The number of amides is 2. The quantitative estimate of drug-likeness (QED) is 0.442. The number of quaternary nitrogens is 1. The van der Waals surface area contributed by atoms with Crippen LogP contribution in [0.2, 0.25) is 0 Å². The highest BCUT2D eigenvalue weighted by Gasteiger charge is 2.34. The van der Waals surface area contributed by atoms with Crippen LogP contribution in [0.25, 0.3) is 0 Å². The van der Waals surface area contributed by atoms with Gasteiger partial charge in [0.1, 0.15) is 25.4 Å². The molecule has 0 saturated carbocycles. The van der Waals surface area contributed by atoms with Gasteiger partial charge in [-0.1, -0.05) is 24.3 Å². The summed E-state index contributed by atoms with van der Waals surface area (Å²) in [5, 5.41) is 10.7. The van der Waals surface area contributed by atoms with Crippen molar-refractivity contribution in [3.05, 3.63) is 65.2 Å². The summed E-state index contributed by atoms with van der Waals surface area (Å²) in [5.74, 6) is 0.283. The predicted octanol–water partition coefficient (Wildman–Crippen LogP) is 3.64. The zero-order chi connectivity index (χ0) is 20.3. The van der Waals surface area contributed by atoms with Crippen LogP contribution in [0.15, 0.2) is 48.5 Å². The van der Waals surface area contributed by atoms with E-state index < -0.39 is 0 Å². The topological polar surface area (TPSA) is 66.8 Å². The molecule has 0 atom stereocenters. The fraction of sp³-hybridized carbons (Fsp3) is 0.391. The lowest BCUT2D eigenvalue weighted by Crippen LogP contribution is -2.47. The molecule has 0 aromatic heterocycles. The Balaban J connectivity index is 1.28. The van der Waals surface area contributed by atoms with Crippen LogP contribution in [0.4, 0.5) is 0 Å². The van der Waals surface area contributed by atoms with E-state index in [1.54, 1.807) is 24.3 Å². The van der Waals surface area contributed by atoms with Gasteiger partial charge in [0.05, 0.1) is 17.7 Å². The van der Waals surface area contributed by atoms with E-state index in [0.29, 0.717) is 37.2 Å². The van der Waals surface area contributed by atoms with Gasteiger partial charge in [0.15, 0.2) is 0 Å². The first kappa shape index (κ1) is 19.6. The fourth-order valence-corrected chi connectivity index (χ4v) is 4.19. The molecule has 6 heteroatoms. The summed E-state index contributed by atoms with van der Waals surface area (Å²) >= 11 is 0. The Labute approximate surface area is 170 Å². The van der Waals surface area contributed by atoms with E-state index in [9.17, 15) is 14.8 Å². The molecule has 1 saturated heterocycles. The van der Waals surface area contributed by atoms with Crippen molar-refractivity contribution in [2.24, 2.45) is 0 Å². The van der Waals surface area contributed by atoms with Crippen molar-refractivity contribution in [2.75, 3.05) is 26.2 Å². The van der Waals surface area contributed by atoms with Gasteiger partial charge in [-0.15, -0.1) is 0 Å². The fourth-order valence-electron chi connectivity index (χ4n) is 4.19. The van der Waals surface area contributed by atoms with Gasteiger partial charge in [0.25, 0.3) is 11.8 Å². The summed E-state index contributed by atoms with van der Waals surface area (Å²) in [6, 6.07) is 14.7. The van der Waals surface area contributed by atoms with E-state index in [-0.39, 0.29) is 16.5 Å². The van der Waals surface area contributed by atoms with Crippen LogP contribution in [0, 0.1) is 0 Å². The Morgan fingerprint density at radius 3 is 2.31 bits per heavy atom. The van der Waals surface area contributed by atoms with Crippen LogP contribution in [0.5, 0.6) is 5.75 Å². The number of carbonyl (C=O) groups is 2. The number of hydrogen-bond acceptors (Lipinski definition) is 4. The van der Waals surface area contributed by atoms with Crippen LogP contribution in [-0.4, -0.2) is 52.8 Å². The minimum atomic E-state index is -0.230. The standard InChI is InChI=1S/C23H27N2O4/c26-22-20-10-2-3-11-21(20)23(27)24(22)12-7-15-29-19-9-6-8-18(16-19)17-25(28)13-4-1-5-14-25/h2-3,6,8-11,16,28H,1,4-5,7,12-15,17H2/q+1. The number of hydrogen-bond donors (Lipinski definition) is 1. The first-order chi connectivity index (χ1) is 14.1. The normalized spacial score (nSPS) is 18.0. The van der Waals surface area contributed by atoms with Crippen molar-refractivity contribution < 1.29 is 24.2 Å². The van der Waals surface area contributed by atoms with Crippen molar-refractivity contribution in [1.82, 2.24) is 4.90 Å². The highest BCUT2D eigenvalue weighted by Crippen LogP contribution is 2.24. The number of imide groups is 1. The number of likely N-dealkylation sites (tertiary alicyclic amines) is 1. The van der Waals surface area contributed by atoms with E-state index in [4.69, 9.17) is 4.74 Å². The summed E-state index contributed by atoms with van der Waals surface area (Å²) in [5.41, 5.74) is 2.00. The molecule has 0 spiro atoms. The second-order valence-corrected chi connectivity index (χ2v) is 7.92. The largest absolute Gasteiger partial charge is 0.494 e. The Bertz CT molecular complexity index is 870. The molecule has 2 heterocycles. The third-order valence-electron chi connectivity index (χ3n) is 5.70. The molecule has 0 unspecified atom stereocenters. The monoisotopic (exact) mass is 395 g/mol. The highest BCUT2D eigenvalue weighted by molar-refractivity contribution is 6.21. The van der Waals surface area contributed by atoms with E-state index in [2.05, 4.69) is 0 Å². The number of hydroxylamine groups is 3. The third-order valence-corrected chi connectivity index (χ3v) is 5.70. The smallest absolute Gasteiger partial charge is 0.261 e. The summed E-state index contributed by atoms with van der Waals surface area (Å²) in [6.07, 6.45) is 3.88. The summed E-state index contributed by atoms with van der Waals surface area (Å²) in [4.78, 5) is 26.0. The molecular formula is C23H27N2O4+. The average Bonchev–Trinajstić information content (AvgIpc) is 2.96. The van der Waals surface area contributed by atoms with E-state index >= 15 is 0 Å². The highest BCUT2D eigenvalue weighted by atomic mass is 16.5. The Morgan fingerprint density at radius 2 is 1.62 bits per heavy atom. The van der Waals surface area contributed by atoms with Gasteiger partial charge < -0.3 is 4.74 Å². The van der Waals surface area contributed by atoms with E-state index in [0.717, 1.165) is 37.2 Å². The molecule has 2 aromatic rings. The molecule has 6 nitrogen and oxygen atoms in total. The molecule has 1 N–H and O–H groups in total. The average molecular weight is 395 g/mol. The Morgan fingerprint density at radius 1 is 0.931 bits per heavy atom. The number of piperidine rings is 1. The van der Waals surface area contributed by atoms with Crippen LogP contribution in [-0.2, 0) is 6.54 Å². The molecule has 29 heavy (non-hydrogen) atoms. The Hall–Kier alpha value is -2.70. The molecule has 4 rings (SSSR count). The third kappa shape index (κ3) is 4.33. The molecule has 1 fully saturated rings. The summed E-state index contributed by atoms with van der Waals surface area (Å²) in [7, 11) is 0. The van der Waals surface area contributed by atoms with Crippen molar-refractivity contribution in [3.63, 3.8) is 0 Å². The van der Waals surface area contributed by atoms with Gasteiger partial charge in [-0.2, -0.15) is 4.65 Å². The van der Waals surface area contributed by atoms with Gasteiger partial charge in [-0.05, 0) is 49.9 Å². The molecule has 2 aromatic carbocycles. The lowest BCUT2D eigenvalue weighted by Gasteiger charge is -2.33. The first-order valence-electron chi connectivity index (χ1n) is 10.3. The molecule has 152 valence electrons. The van der Waals surface area contributed by atoms with Crippen molar-refractivity contribution in [1.29, 1.82) is 0 Å². The maximum atomic E-state index is 12.4. The van der Waals surface area contributed by atoms with Crippen molar-refractivity contribution in [2.45, 2.75) is 32.2 Å². The molecule has 2 aliphatic rings. The van der Waals surface area contributed by atoms with Gasteiger partial charge in [-0.25, -0.2) is 5.21 Å². The number of carbonyl (C=O) groups excluding carboxylic acids is 2. The molecule has 2 amide bonds. The van der Waals surface area contributed by atoms with Crippen molar-refractivity contribution >= 4 is 11.8 Å². The lowest BCUT2D eigenvalue weighted by atomic mass is 10.1. The molecule has 2 aliphatic heterocycles. The van der Waals surface area contributed by atoms with Gasteiger partial charge >= 0.3 is 0 Å². The van der Waals surface area contributed by atoms with Crippen molar-refractivity contribution in [3.8, 4) is 5.75 Å². The van der Waals surface area contributed by atoms with Crippen LogP contribution < -0.4 is 4.74 Å². The van der Waals surface area contributed by atoms with Gasteiger partial charge in [0.2, 0.25) is 0 Å². The second kappa shape index (κ2) is 8.35. The number of rotatable bonds is 7. The number of fused-ring (bicyclic) bond motifs is 1. The number of ether oxygens (including phenoxy) is 1. The van der Waals surface area contributed by atoms with Crippen LogP contribution in [0.1, 0.15) is 52.0 Å². The zero-order valence-corrected chi connectivity index (χ0v) is 16.5. The molecular weight excluding hydrogens is 368 g/mol. The predicted molar refractivity (Wildman–Crippen MR) is 108 cm³/mol. The summed E-state index contributed by atoms with van der Waals surface area (Å²) < 4.78 is 5.94. The second-order valence-electron chi connectivity index (χ2n) is 7.92. The lowest BCUT2D eigenvalue weighted by molar-refractivity contribution is -1.12. The molecule has 0 radical (unpaired) electrons. The first-order valence-corrected chi connectivity index (χ1v) is 10.3. The van der Waals surface area contributed by atoms with E-state index in [1.807, 2.05) is 24.3 Å². The molecule has 0 bridgehead atoms. The maximum Gasteiger partial charge on any atom is 0.261 e.